The number of hydrogen-bond acceptors (Lipinski definition) is 0. The molecule has 0 aliphatic heterocycles. The highest BCUT2D eigenvalue weighted by atomic mass is 35.5. The number of fused-ring (bicyclic) bond motifs is 1. The van der Waals surface area contributed by atoms with Gasteiger partial charge in [0.2, 0.25) is 0 Å². The fourth-order valence-electron chi connectivity index (χ4n) is 2.20. The van der Waals surface area contributed by atoms with Crippen molar-refractivity contribution < 1.29 is 8.78 Å². The molecule has 1 heterocycles. The summed E-state index contributed by atoms with van der Waals surface area (Å²) in [6.07, 6.45) is 1.82. The zero-order valence-corrected chi connectivity index (χ0v) is 10.7. The predicted octanol–water partition coefficient (Wildman–Crippen LogP) is 4.62. The summed E-state index contributed by atoms with van der Waals surface area (Å²) >= 11 is 6.15. The molecule has 3 aromatic rings. The lowest BCUT2D eigenvalue weighted by atomic mass is 10.2. The van der Waals surface area contributed by atoms with Crippen LogP contribution in [0.1, 0.15) is 5.56 Å². The average molecular weight is 278 g/mol. The van der Waals surface area contributed by atoms with Crippen LogP contribution in [0.5, 0.6) is 0 Å². The second kappa shape index (κ2) is 4.67. The van der Waals surface area contributed by atoms with E-state index in [-0.39, 0.29) is 6.54 Å². The van der Waals surface area contributed by atoms with Crippen LogP contribution in [0.15, 0.2) is 48.7 Å². The van der Waals surface area contributed by atoms with E-state index in [9.17, 15) is 8.78 Å². The van der Waals surface area contributed by atoms with E-state index < -0.39 is 11.6 Å². The molecule has 0 fully saturated rings. The quantitative estimate of drug-likeness (QED) is 0.644. The molecule has 2 aromatic carbocycles. The number of hydrogen-bond donors (Lipinski definition) is 0. The summed E-state index contributed by atoms with van der Waals surface area (Å²) in [5.41, 5.74) is 1.13. The van der Waals surface area contributed by atoms with Crippen LogP contribution in [0.4, 0.5) is 8.78 Å². The number of halogens is 3. The Morgan fingerprint density at radius 2 is 1.79 bits per heavy atom. The third kappa shape index (κ3) is 2.10. The minimum atomic E-state index is -0.833. The van der Waals surface area contributed by atoms with Gasteiger partial charge in [-0.15, -0.1) is 0 Å². The normalized spacial score (nSPS) is 11.1. The molecule has 0 amide bonds. The molecule has 4 heteroatoms. The van der Waals surface area contributed by atoms with Crippen molar-refractivity contribution in [3.63, 3.8) is 0 Å². The third-order valence-electron chi connectivity index (χ3n) is 3.11. The first-order chi connectivity index (χ1) is 9.16. The highest BCUT2D eigenvalue weighted by molar-refractivity contribution is 6.35. The van der Waals surface area contributed by atoms with Crippen LogP contribution in [-0.2, 0) is 6.54 Å². The van der Waals surface area contributed by atoms with E-state index in [1.165, 1.54) is 6.07 Å². The maximum absolute atomic E-state index is 13.7. The van der Waals surface area contributed by atoms with Crippen molar-refractivity contribution in [1.29, 1.82) is 0 Å². The van der Waals surface area contributed by atoms with Crippen LogP contribution in [0.25, 0.3) is 10.9 Å². The van der Waals surface area contributed by atoms with Gasteiger partial charge in [-0.05, 0) is 18.2 Å². The maximum Gasteiger partial charge on any atom is 0.163 e. The predicted molar refractivity (Wildman–Crippen MR) is 72.4 cm³/mol. The zero-order chi connectivity index (χ0) is 13.4. The monoisotopic (exact) mass is 277 g/mol. The fourth-order valence-corrected chi connectivity index (χ4v) is 2.49. The molecule has 0 saturated heterocycles. The third-order valence-corrected chi connectivity index (χ3v) is 3.42. The van der Waals surface area contributed by atoms with Crippen LogP contribution >= 0.6 is 11.6 Å². The number of para-hydroxylation sites is 1. The second-order valence-corrected chi connectivity index (χ2v) is 4.74. The number of nitrogens with zero attached hydrogens (tertiary/aromatic N) is 1. The van der Waals surface area contributed by atoms with Gasteiger partial charge in [-0.3, -0.25) is 0 Å². The SMILES string of the molecule is Fc1cccc(Cn2ccc3cccc(Cl)c32)c1F. The molecule has 0 aliphatic carbocycles. The largest absolute Gasteiger partial charge is 0.342 e. The van der Waals surface area contributed by atoms with E-state index in [1.807, 2.05) is 29.0 Å². The van der Waals surface area contributed by atoms with E-state index in [2.05, 4.69) is 0 Å². The van der Waals surface area contributed by atoms with Gasteiger partial charge in [0, 0.05) is 17.1 Å². The standard InChI is InChI=1S/C15H10ClF2N/c16-12-5-1-3-10-7-8-19(15(10)12)9-11-4-2-6-13(17)14(11)18/h1-8H,9H2. The molecule has 3 rings (SSSR count). The first-order valence-corrected chi connectivity index (χ1v) is 6.21. The molecular weight excluding hydrogens is 268 g/mol. The van der Waals surface area contributed by atoms with Crippen molar-refractivity contribution in [2.45, 2.75) is 6.54 Å². The molecule has 0 unspecified atom stereocenters. The Bertz CT molecular complexity index is 749. The van der Waals surface area contributed by atoms with E-state index in [0.29, 0.717) is 10.6 Å². The van der Waals surface area contributed by atoms with Gasteiger partial charge in [0.25, 0.3) is 0 Å². The van der Waals surface area contributed by atoms with Crippen molar-refractivity contribution in [1.82, 2.24) is 4.57 Å². The summed E-state index contributed by atoms with van der Waals surface area (Å²) in [7, 11) is 0. The molecule has 96 valence electrons. The molecule has 0 bridgehead atoms. The number of rotatable bonds is 2. The summed E-state index contributed by atoms with van der Waals surface area (Å²) < 4.78 is 28.7. The highest BCUT2D eigenvalue weighted by Crippen LogP contribution is 2.25. The van der Waals surface area contributed by atoms with Crippen molar-refractivity contribution in [2.75, 3.05) is 0 Å². The van der Waals surface area contributed by atoms with Gasteiger partial charge in [-0.2, -0.15) is 0 Å². The van der Waals surface area contributed by atoms with E-state index >= 15 is 0 Å². The molecule has 0 saturated carbocycles. The Labute approximate surface area is 114 Å². The lowest BCUT2D eigenvalue weighted by Crippen LogP contribution is -2.02. The van der Waals surface area contributed by atoms with Crippen LogP contribution in [0, 0.1) is 11.6 Å². The molecule has 0 radical (unpaired) electrons. The van der Waals surface area contributed by atoms with Gasteiger partial charge in [-0.1, -0.05) is 35.9 Å². The molecule has 19 heavy (non-hydrogen) atoms. The van der Waals surface area contributed by atoms with Gasteiger partial charge in [0.05, 0.1) is 17.1 Å². The summed E-state index contributed by atoms with van der Waals surface area (Å²) in [5.74, 6) is -1.64. The smallest absolute Gasteiger partial charge is 0.163 e. The second-order valence-electron chi connectivity index (χ2n) is 4.33. The molecule has 1 aromatic heterocycles. The molecular formula is C15H10ClF2N. The lowest BCUT2D eigenvalue weighted by Gasteiger charge is -2.08. The maximum atomic E-state index is 13.7. The van der Waals surface area contributed by atoms with Gasteiger partial charge in [0.1, 0.15) is 0 Å². The minimum Gasteiger partial charge on any atom is -0.342 e. The molecule has 0 N–H and O–H groups in total. The summed E-state index contributed by atoms with van der Waals surface area (Å²) in [5, 5.41) is 1.57. The molecule has 0 atom stereocenters. The van der Waals surface area contributed by atoms with Crippen molar-refractivity contribution in [3.8, 4) is 0 Å². The number of aromatic nitrogens is 1. The molecule has 0 spiro atoms. The lowest BCUT2D eigenvalue weighted by molar-refractivity contribution is 0.496. The Morgan fingerprint density at radius 3 is 2.63 bits per heavy atom. The Balaban J connectivity index is 2.09. The van der Waals surface area contributed by atoms with Crippen LogP contribution in [0.3, 0.4) is 0 Å². The van der Waals surface area contributed by atoms with Crippen LogP contribution in [0.2, 0.25) is 5.02 Å². The molecule has 1 nitrogen and oxygen atoms in total. The Morgan fingerprint density at radius 1 is 1.00 bits per heavy atom. The summed E-state index contributed by atoms with van der Waals surface area (Å²) in [6.45, 7) is 0.247. The Kier molecular flexibility index (Phi) is 2.99. The summed E-state index contributed by atoms with van der Waals surface area (Å²) in [4.78, 5) is 0. The van der Waals surface area contributed by atoms with Gasteiger partial charge < -0.3 is 4.57 Å². The van der Waals surface area contributed by atoms with Crippen molar-refractivity contribution >= 4 is 22.5 Å². The van der Waals surface area contributed by atoms with Crippen LogP contribution in [-0.4, -0.2) is 4.57 Å². The first-order valence-electron chi connectivity index (χ1n) is 5.83. The number of benzene rings is 2. The van der Waals surface area contributed by atoms with E-state index in [4.69, 9.17) is 11.6 Å². The van der Waals surface area contributed by atoms with E-state index in [1.54, 1.807) is 12.1 Å². The Hall–Kier alpha value is -1.87. The first kappa shape index (κ1) is 12.2. The minimum absolute atomic E-state index is 0.247. The molecule has 0 aliphatic rings. The van der Waals surface area contributed by atoms with Gasteiger partial charge >= 0.3 is 0 Å². The van der Waals surface area contributed by atoms with Gasteiger partial charge in [-0.25, -0.2) is 8.78 Å². The highest BCUT2D eigenvalue weighted by Gasteiger charge is 2.10. The van der Waals surface area contributed by atoms with E-state index in [0.717, 1.165) is 17.0 Å². The fraction of sp³-hybridized carbons (Fsp3) is 0.0667. The zero-order valence-electron chi connectivity index (χ0n) is 9.91. The van der Waals surface area contributed by atoms with Crippen molar-refractivity contribution in [3.05, 3.63) is 70.9 Å². The van der Waals surface area contributed by atoms with Crippen LogP contribution < -0.4 is 0 Å². The topological polar surface area (TPSA) is 4.93 Å². The average Bonchev–Trinajstić information content (AvgIpc) is 2.80. The van der Waals surface area contributed by atoms with Gasteiger partial charge in [0.15, 0.2) is 11.6 Å². The van der Waals surface area contributed by atoms with Crippen molar-refractivity contribution in [2.24, 2.45) is 0 Å². The summed E-state index contributed by atoms with van der Waals surface area (Å²) in [6, 6.07) is 11.7.